The Balaban J connectivity index is 2.52. The molecule has 0 aromatic heterocycles. The third kappa shape index (κ3) is 7.77. The molecule has 6 N–H and O–H groups in total. The SMILES string of the molecule is CC(=O)NC(CO[C@@H]1OC(C)[C@@H](O)C(O)C1O)C(=O)NCCCCC(=O)O. The van der Waals surface area contributed by atoms with Gasteiger partial charge in [0.15, 0.2) is 6.29 Å². The molecule has 1 fully saturated rings. The molecule has 156 valence electrons. The first-order valence-corrected chi connectivity index (χ1v) is 8.71. The summed E-state index contributed by atoms with van der Waals surface area (Å²) >= 11 is 0. The summed E-state index contributed by atoms with van der Waals surface area (Å²) in [6.07, 6.45) is -5.49. The van der Waals surface area contributed by atoms with Crippen LogP contribution < -0.4 is 10.6 Å². The predicted octanol–water partition coefficient (Wildman–Crippen LogP) is -2.29. The molecule has 0 aromatic carbocycles. The number of carbonyl (C=O) groups excluding carboxylic acids is 2. The fourth-order valence-electron chi connectivity index (χ4n) is 2.51. The van der Waals surface area contributed by atoms with Gasteiger partial charge in [0, 0.05) is 19.9 Å². The monoisotopic (exact) mass is 392 g/mol. The van der Waals surface area contributed by atoms with Crippen molar-refractivity contribution in [3.05, 3.63) is 0 Å². The normalized spacial score (nSPS) is 29.0. The van der Waals surface area contributed by atoms with Crippen molar-refractivity contribution in [2.24, 2.45) is 0 Å². The number of ether oxygens (including phenoxy) is 2. The zero-order chi connectivity index (χ0) is 20.6. The van der Waals surface area contributed by atoms with Gasteiger partial charge in [-0.2, -0.15) is 0 Å². The summed E-state index contributed by atoms with van der Waals surface area (Å²) in [5.74, 6) is -1.93. The van der Waals surface area contributed by atoms with Crippen LogP contribution in [0.5, 0.6) is 0 Å². The number of aliphatic hydroxyl groups excluding tert-OH is 3. The second-order valence-electron chi connectivity index (χ2n) is 6.41. The van der Waals surface area contributed by atoms with Crippen LogP contribution in [0.15, 0.2) is 0 Å². The topological polar surface area (TPSA) is 175 Å². The minimum absolute atomic E-state index is 0.00260. The van der Waals surface area contributed by atoms with Crippen molar-refractivity contribution in [3.8, 4) is 0 Å². The molecule has 0 saturated carbocycles. The fourth-order valence-corrected chi connectivity index (χ4v) is 2.51. The highest BCUT2D eigenvalue weighted by Crippen LogP contribution is 2.21. The molecule has 1 saturated heterocycles. The minimum Gasteiger partial charge on any atom is -0.481 e. The number of nitrogens with one attached hydrogen (secondary N) is 2. The molecule has 0 radical (unpaired) electrons. The lowest BCUT2D eigenvalue weighted by Crippen LogP contribution is -2.58. The van der Waals surface area contributed by atoms with Crippen molar-refractivity contribution in [2.75, 3.05) is 13.2 Å². The zero-order valence-electron chi connectivity index (χ0n) is 15.3. The largest absolute Gasteiger partial charge is 0.481 e. The number of hydrogen-bond donors (Lipinski definition) is 6. The van der Waals surface area contributed by atoms with Crippen molar-refractivity contribution in [3.63, 3.8) is 0 Å². The van der Waals surface area contributed by atoms with Gasteiger partial charge in [0.05, 0.1) is 12.7 Å². The molecule has 4 unspecified atom stereocenters. The second kappa shape index (κ2) is 11.1. The summed E-state index contributed by atoms with van der Waals surface area (Å²) in [5, 5.41) is 42.8. The smallest absolute Gasteiger partial charge is 0.303 e. The Labute approximate surface area is 156 Å². The lowest BCUT2D eigenvalue weighted by molar-refractivity contribution is -0.293. The van der Waals surface area contributed by atoms with Gasteiger partial charge in [-0.1, -0.05) is 0 Å². The van der Waals surface area contributed by atoms with Crippen molar-refractivity contribution in [2.45, 2.75) is 69.9 Å². The number of hydrogen-bond acceptors (Lipinski definition) is 8. The van der Waals surface area contributed by atoms with Crippen LogP contribution in [-0.2, 0) is 23.9 Å². The Morgan fingerprint density at radius 1 is 1.11 bits per heavy atom. The Hall–Kier alpha value is -1.79. The van der Waals surface area contributed by atoms with E-state index in [4.69, 9.17) is 14.6 Å². The molecule has 1 heterocycles. The van der Waals surface area contributed by atoms with E-state index in [1.54, 1.807) is 0 Å². The molecule has 0 bridgehead atoms. The van der Waals surface area contributed by atoms with Crippen LogP contribution in [0.2, 0.25) is 0 Å². The summed E-state index contributed by atoms with van der Waals surface area (Å²) in [7, 11) is 0. The van der Waals surface area contributed by atoms with Crippen LogP contribution in [0.3, 0.4) is 0 Å². The average Bonchev–Trinajstić information content (AvgIpc) is 2.59. The molecule has 11 nitrogen and oxygen atoms in total. The molecular weight excluding hydrogens is 364 g/mol. The summed E-state index contributed by atoms with van der Waals surface area (Å²) < 4.78 is 10.6. The zero-order valence-corrected chi connectivity index (χ0v) is 15.3. The first-order chi connectivity index (χ1) is 12.6. The number of rotatable bonds is 10. The molecule has 1 aliphatic heterocycles. The van der Waals surface area contributed by atoms with Gasteiger partial charge >= 0.3 is 5.97 Å². The Kier molecular flexibility index (Phi) is 9.60. The van der Waals surface area contributed by atoms with Crippen molar-refractivity contribution in [1.29, 1.82) is 0 Å². The van der Waals surface area contributed by atoms with E-state index < -0.39 is 54.5 Å². The molecule has 0 spiro atoms. The molecule has 0 aliphatic carbocycles. The van der Waals surface area contributed by atoms with E-state index in [1.165, 1.54) is 13.8 Å². The second-order valence-corrected chi connectivity index (χ2v) is 6.41. The van der Waals surface area contributed by atoms with Crippen LogP contribution in [0.25, 0.3) is 0 Å². The van der Waals surface area contributed by atoms with Crippen LogP contribution in [0, 0.1) is 0 Å². The van der Waals surface area contributed by atoms with E-state index in [9.17, 15) is 29.7 Å². The molecule has 0 aromatic rings. The molecule has 2 amide bonds. The van der Waals surface area contributed by atoms with Gasteiger partial charge < -0.3 is 40.5 Å². The minimum atomic E-state index is -1.52. The van der Waals surface area contributed by atoms with Gasteiger partial charge in [-0.25, -0.2) is 0 Å². The maximum absolute atomic E-state index is 12.2. The van der Waals surface area contributed by atoms with E-state index in [0.29, 0.717) is 12.8 Å². The maximum Gasteiger partial charge on any atom is 0.303 e. The quantitative estimate of drug-likeness (QED) is 0.223. The summed E-state index contributed by atoms with van der Waals surface area (Å²) in [5.41, 5.74) is 0. The Bertz CT molecular complexity index is 516. The van der Waals surface area contributed by atoms with Crippen molar-refractivity contribution >= 4 is 17.8 Å². The van der Waals surface area contributed by atoms with Gasteiger partial charge in [0.25, 0.3) is 0 Å². The number of amides is 2. The van der Waals surface area contributed by atoms with Gasteiger partial charge in [0.2, 0.25) is 11.8 Å². The summed E-state index contributed by atoms with van der Waals surface area (Å²) in [4.78, 5) is 33.9. The van der Waals surface area contributed by atoms with Gasteiger partial charge in [-0.3, -0.25) is 14.4 Å². The first kappa shape index (κ1) is 23.2. The van der Waals surface area contributed by atoms with Gasteiger partial charge in [0.1, 0.15) is 24.4 Å². The highest BCUT2D eigenvalue weighted by Gasteiger charge is 2.42. The predicted molar refractivity (Wildman–Crippen MR) is 90.4 cm³/mol. The van der Waals surface area contributed by atoms with Crippen LogP contribution in [0.1, 0.15) is 33.1 Å². The average molecular weight is 392 g/mol. The summed E-state index contributed by atoms with van der Waals surface area (Å²) in [6, 6.07) is -1.07. The van der Waals surface area contributed by atoms with Crippen LogP contribution >= 0.6 is 0 Å². The lowest BCUT2D eigenvalue weighted by atomic mass is 10.00. The van der Waals surface area contributed by atoms with E-state index in [2.05, 4.69) is 10.6 Å². The standard InChI is InChI=1S/C16H28N2O9/c1-8-12(22)13(23)14(24)16(27-8)26-7-10(18-9(2)19)15(25)17-6-4-3-5-11(20)21/h8,10,12-14,16,22-24H,3-7H2,1-2H3,(H,17,25)(H,18,19)(H,20,21)/t8?,10?,12-,13?,14?,16-/m1/s1. The number of aliphatic hydroxyl groups is 3. The number of unbranched alkanes of at least 4 members (excludes halogenated alkanes) is 1. The third-order valence-electron chi connectivity index (χ3n) is 4.05. The first-order valence-electron chi connectivity index (χ1n) is 8.71. The van der Waals surface area contributed by atoms with Gasteiger partial charge in [-0.05, 0) is 19.8 Å². The molecule has 1 aliphatic rings. The van der Waals surface area contributed by atoms with E-state index >= 15 is 0 Å². The molecule has 11 heteroatoms. The molecular formula is C16H28N2O9. The lowest BCUT2D eigenvalue weighted by Gasteiger charge is -2.39. The molecule has 1 rings (SSSR count). The van der Waals surface area contributed by atoms with Gasteiger partial charge in [-0.15, -0.1) is 0 Å². The van der Waals surface area contributed by atoms with Crippen LogP contribution in [-0.4, -0.2) is 88.1 Å². The van der Waals surface area contributed by atoms with Crippen LogP contribution in [0.4, 0.5) is 0 Å². The highest BCUT2D eigenvalue weighted by atomic mass is 16.7. The number of aliphatic carboxylic acids is 1. The van der Waals surface area contributed by atoms with Crippen molar-refractivity contribution in [1.82, 2.24) is 10.6 Å². The van der Waals surface area contributed by atoms with E-state index in [1.807, 2.05) is 0 Å². The number of carboxylic acids is 1. The number of carbonyl (C=O) groups is 3. The molecule has 6 atom stereocenters. The Morgan fingerprint density at radius 3 is 2.37 bits per heavy atom. The Morgan fingerprint density at radius 2 is 1.78 bits per heavy atom. The maximum atomic E-state index is 12.2. The summed E-state index contributed by atoms with van der Waals surface area (Å²) in [6.45, 7) is 2.61. The van der Waals surface area contributed by atoms with Crippen molar-refractivity contribution < 1.29 is 44.3 Å². The third-order valence-corrected chi connectivity index (χ3v) is 4.05. The van der Waals surface area contributed by atoms with E-state index in [-0.39, 0.29) is 19.6 Å². The molecule has 27 heavy (non-hydrogen) atoms. The highest BCUT2D eigenvalue weighted by molar-refractivity contribution is 5.86. The fraction of sp³-hybridized carbons (Fsp3) is 0.812. The van der Waals surface area contributed by atoms with E-state index in [0.717, 1.165) is 0 Å². The number of carboxylic acid groups (broad SMARTS) is 1.